The number of hydrogen-bond acceptors (Lipinski definition) is 7. The molecule has 1 aliphatic heterocycles. The van der Waals surface area contributed by atoms with Crippen molar-refractivity contribution in [3.63, 3.8) is 0 Å². The summed E-state index contributed by atoms with van der Waals surface area (Å²) in [5, 5.41) is 6.23. The molecule has 3 aromatic rings. The van der Waals surface area contributed by atoms with E-state index in [1.807, 2.05) is 6.07 Å². The summed E-state index contributed by atoms with van der Waals surface area (Å²) in [4.78, 5) is 42.9. The summed E-state index contributed by atoms with van der Waals surface area (Å²) < 4.78 is 0. The molecule has 35 heavy (non-hydrogen) atoms. The smallest absolute Gasteiger partial charge is 0.256 e. The molecule has 3 heterocycles. The molecule has 1 saturated heterocycles. The standard InChI is InChI=1S/C26H33N7O2/c1-27-25(35)20-16-29-24-21(23(20)34)22(19-8-7-17-5-3-6-18(17)15-19)30-26(31-24)28-9-4-10-33-13-11-32(2)12-14-33/h7-8,15-16H,3-6,9-14H2,1-2H3,(H,27,35)(H2,28,29,30,31,34). The maximum absolute atomic E-state index is 13.3. The van der Waals surface area contributed by atoms with Gasteiger partial charge in [-0.3, -0.25) is 9.59 Å². The molecule has 0 radical (unpaired) electrons. The molecule has 5 rings (SSSR count). The molecule has 0 bridgehead atoms. The number of H-pyrrole nitrogens is 1. The summed E-state index contributed by atoms with van der Waals surface area (Å²) in [5.74, 6) is 0.0499. The fourth-order valence-corrected chi connectivity index (χ4v) is 5.01. The Balaban J connectivity index is 1.44. The lowest BCUT2D eigenvalue weighted by Crippen LogP contribution is -2.44. The Morgan fingerprint density at radius 3 is 2.71 bits per heavy atom. The number of piperazine rings is 1. The Kier molecular flexibility index (Phi) is 6.79. The number of aromatic nitrogens is 3. The Morgan fingerprint density at radius 2 is 1.91 bits per heavy atom. The van der Waals surface area contributed by atoms with Crippen LogP contribution in [0.2, 0.25) is 0 Å². The number of fused-ring (bicyclic) bond motifs is 2. The minimum Gasteiger partial charge on any atom is -0.355 e. The first-order valence-electron chi connectivity index (χ1n) is 12.5. The minimum absolute atomic E-state index is 0.0545. The second kappa shape index (κ2) is 10.1. The quantitative estimate of drug-likeness (QED) is 0.448. The van der Waals surface area contributed by atoms with Gasteiger partial charge in [0.1, 0.15) is 11.2 Å². The van der Waals surface area contributed by atoms with Gasteiger partial charge in [-0.1, -0.05) is 12.1 Å². The minimum atomic E-state index is -0.431. The third kappa shape index (κ3) is 4.92. The lowest BCUT2D eigenvalue weighted by atomic mass is 10.0. The summed E-state index contributed by atoms with van der Waals surface area (Å²) in [7, 11) is 3.68. The van der Waals surface area contributed by atoms with Crippen LogP contribution in [0.5, 0.6) is 0 Å². The molecular weight excluding hydrogens is 442 g/mol. The summed E-state index contributed by atoms with van der Waals surface area (Å²) in [5.41, 5.74) is 4.20. The van der Waals surface area contributed by atoms with E-state index >= 15 is 0 Å². The van der Waals surface area contributed by atoms with Gasteiger partial charge in [0.25, 0.3) is 5.91 Å². The Morgan fingerprint density at radius 1 is 1.11 bits per heavy atom. The van der Waals surface area contributed by atoms with E-state index in [1.165, 1.54) is 24.4 Å². The predicted molar refractivity (Wildman–Crippen MR) is 138 cm³/mol. The lowest BCUT2D eigenvalue weighted by molar-refractivity contribution is 0.0962. The van der Waals surface area contributed by atoms with Crippen molar-refractivity contribution in [3.8, 4) is 11.3 Å². The Labute approximate surface area is 205 Å². The van der Waals surface area contributed by atoms with Gasteiger partial charge in [-0.2, -0.15) is 4.98 Å². The number of likely N-dealkylation sites (N-methyl/N-ethyl adjacent to an activating group) is 1. The van der Waals surface area contributed by atoms with Crippen molar-refractivity contribution in [1.82, 2.24) is 30.1 Å². The van der Waals surface area contributed by atoms with Crippen molar-refractivity contribution in [1.29, 1.82) is 0 Å². The number of anilines is 1. The van der Waals surface area contributed by atoms with Crippen molar-refractivity contribution in [3.05, 3.63) is 51.3 Å². The number of carbonyl (C=O) groups is 1. The highest BCUT2D eigenvalue weighted by molar-refractivity contribution is 5.99. The average Bonchev–Trinajstić information content (AvgIpc) is 3.35. The molecule has 2 aromatic heterocycles. The maximum atomic E-state index is 13.3. The van der Waals surface area contributed by atoms with Gasteiger partial charge in [0.15, 0.2) is 0 Å². The molecule has 2 aliphatic rings. The third-order valence-electron chi connectivity index (χ3n) is 7.11. The highest BCUT2D eigenvalue weighted by atomic mass is 16.2. The van der Waals surface area contributed by atoms with Crippen molar-refractivity contribution in [2.24, 2.45) is 0 Å². The number of nitrogens with one attached hydrogen (secondary N) is 3. The topological polar surface area (TPSA) is 106 Å². The molecule has 0 saturated carbocycles. The first-order chi connectivity index (χ1) is 17.0. The zero-order valence-corrected chi connectivity index (χ0v) is 20.5. The molecule has 1 aromatic carbocycles. The van der Waals surface area contributed by atoms with Crippen LogP contribution in [0.3, 0.4) is 0 Å². The van der Waals surface area contributed by atoms with Gasteiger partial charge in [0.2, 0.25) is 11.4 Å². The van der Waals surface area contributed by atoms with Crippen LogP contribution in [0.1, 0.15) is 34.3 Å². The van der Waals surface area contributed by atoms with Gasteiger partial charge in [-0.25, -0.2) is 4.98 Å². The van der Waals surface area contributed by atoms with Gasteiger partial charge in [0.05, 0.1) is 11.1 Å². The van der Waals surface area contributed by atoms with E-state index in [1.54, 1.807) is 0 Å². The maximum Gasteiger partial charge on any atom is 0.256 e. The fourth-order valence-electron chi connectivity index (χ4n) is 5.01. The van der Waals surface area contributed by atoms with E-state index in [4.69, 9.17) is 4.98 Å². The van der Waals surface area contributed by atoms with Gasteiger partial charge in [0, 0.05) is 51.5 Å². The number of amides is 1. The SMILES string of the molecule is CNC(=O)c1c[nH]c2nc(NCCCN3CCN(C)CC3)nc(-c3ccc4c(c3)CCC4)c2c1=O. The van der Waals surface area contributed by atoms with E-state index in [2.05, 4.69) is 49.6 Å². The second-order valence-electron chi connectivity index (χ2n) is 9.49. The summed E-state index contributed by atoms with van der Waals surface area (Å²) in [6.45, 7) is 6.18. The molecule has 0 spiro atoms. The number of benzene rings is 1. The van der Waals surface area contributed by atoms with Crippen LogP contribution >= 0.6 is 0 Å². The number of aromatic amines is 1. The van der Waals surface area contributed by atoms with Crippen LogP contribution < -0.4 is 16.1 Å². The first kappa shape index (κ1) is 23.4. The lowest BCUT2D eigenvalue weighted by Gasteiger charge is -2.32. The molecule has 9 nitrogen and oxygen atoms in total. The largest absolute Gasteiger partial charge is 0.355 e. The molecule has 3 N–H and O–H groups in total. The zero-order valence-electron chi connectivity index (χ0n) is 20.5. The number of nitrogens with zero attached hydrogens (tertiary/aromatic N) is 4. The summed E-state index contributed by atoms with van der Waals surface area (Å²) in [6, 6.07) is 6.29. The van der Waals surface area contributed by atoms with E-state index < -0.39 is 5.91 Å². The molecule has 184 valence electrons. The van der Waals surface area contributed by atoms with E-state index in [0.29, 0.717) is 22.7 Å². The van der Waals surface area contributed by atoms with E-state index in [9.17, 15) is 9.59 Å². The normalized spacial score (nSPS) is 16.4. The van der Waals surface area contributed by atoms with Crippen molar-refractivity contribution in [2.45, 2.75) is 25.7 Å². The van der Waals surface area contributed by atoms with Crippen LogP contribution in [0.15, 0.2) is 29.2 Å². The molecule has 1 fully saturated rings. The number of rotatable bonds is 7. The van der Waals surface area contributed by atoms with Crippen molar-refractivity contribution >= 4 is 22.9 Å². The molecule has 0 unspecified atom stereocenters. The average molecular weight is 476 g/mol. The highest BCUT2D eigenvalue weighted by Crippen LogP contribution is 2.30. The molecule has 1 aliphatic carbocycles. The monoisotopic (exact) mass is 475 g/mol. The molecule has 1 amide bonds. The van der Waals surface area contributed by atoms with Gasteiger partial charge in [-0.05, 0) is 56.5 Å². The zero-order chi connectivity index (χ0) is 24.4. The van der Waals surface area contributed by atoms with Crippen molar-refractivity contribution in [2.75, 3.05) is 58.7 Å². The van der Waals surface area contributed by atoms with E-state index in [-0.39, 0.29) is 11.0 Å². The van der Waals surface area contributed by atoms with Crippen LogP contribution in [-0.2, 0) is 12.8 Å². The Bertz CT molecular complexity index is 1290. The van der Waals surface area contributed by atoms with Crippen LogP contribution in [0.25, 0.3) is 22.3 Å². The molecule has 9 heteroatoms. The Hall–Kier alpha value is -3.30. The number of carbonyl (C=O) groups excluding carboxylic acids is 1. The molecular formula is C26H33N7O2. The van der Waals surface area contributed by atoms with Crippen LogP contribution in [0, 0.1) is 0 Å². The molecule has 0 atom stereocenters. The fraction of sp³-hybridized carbons (Fsp3) is 0.462. The third-order valence-corrected chi connectivity index (χ3v) is 7.11. The van der Waals surface area contributed by atoms with Gasteiger partial charge >= 0.3 is 0 Å². The van der Waals surface area contributed by atoms with E-state index in [0.717, 1.165) is 70.5 Å². The van der Waals surface area contributed by atoms with Gasteiger partial charge < -0.3 is 25.4 Å². The number of aryl methyl sites for hydroxylation is 2. The second-order valence-corrected chi connectivity index (χ2v) is 9.49. The van der Waals surface area contributed by atoms with Crippen LogP contribution in [0.4, 0.5) is 5.95 Å². The highest BCUT2D eigenvalue weighted by Gasteiger charge is 2.20. The number of pyridine rings is 1. The summed E-state index contributed by atoms with van der Waals surface area (Å²) in [6.07, 6.45) is 5.67. The van der Waals surface area contributed by atoms with Gasteiger partial charge in [-0.15, -0.1) is 0 Å². The summed E-state index contributed by atoms with van der Waals surface area (Å²) >= 11 is 0. The number of hydrogen-bond donors (Lipinski definition) is 3. The first-order valence-corrected chi connectivity index (χ1v) is 12.5. The van der Waals surface area contributed by atoms with Crippen LogP contribution in [-0.4, -0.2) is 84.0 Å². The van der Waals surface area contributed by atoms with Crippen molar-refractivity contribution < 1.29 is 4.79 Å². The predicted octanol–water partition coefficient (Wildman–Crippen LogP) is 1.88.